The van der Waals surface area contributed by atoms with Crippen LogP contribution < -0.4 is 5.32 Å². The van der Waals surface area contributed by atoms with Gasteiger partial charge in [0, 0.05) is 42.7 Å². The molecule has 1 aromatic heterocycles. The number of nitrogens with zero attached hydrogens (tertiary/aromatic N) is 2. The summed E-state index contributed by atoms with van der Waals surface area (Å²) in [5.74, 6) is 0. The zero-order valence-electron chi connectivity index (χ0n) is 11.7. The van der Waals surface area contributed by atoms with Crippen molar-refractivity contribution in [1.82, 2.24) is 9.88 Å². The van der Waals surface area contributed by atoms with Crippen LogP contribution in [0.25, 0.3) is 0 Å². The number of benzene rings is 1. The quantitative estimate of drug-likeness (QED) is 0.843. The van der Waals surface area contributed by atoms with Crippen LogP contribution in [-0.2, 0) is 6.54 Å². The fourth-order valence-electron chi connectivity index (χ4n) is 2.02. The average molecular weight is 290 g/mol. The van der Waals surface area contributed by atoms with Crippen molar-refractivity contribution in [2.75, 3.05) is 25.0 Å². The summed E-state index contributed by atoms with van der Waals surface area (Å²) < 4.78 is 0. The van der Waals surface area contributed by atoms with Crippen molar-refractivity contribution in [2.24, 2.45) is 0 Å². The van der Waals surface area contributed by atoms with E-state index in [1.54, 1.807) is 0 Å². The van der Waals surface area contributed by atoms with Crippen LogP contribution >= 0.6 is 11.6 Å². The molecule has 0 aliphatic rings. The summed E-state index contributed by atoms with van der Waals surface area (Å²) in [6.45, 7) is 6.09. The minimum atomic E-state index is 0.767. The van der Waals surface area contributed by atoms with Gasteiger partial charge < -0.3 is 5.32 Å². The molecule has 0 saturated heterocycles. The Balaban J connectivity index is 1.78. The Labute approximate surface area is 125 Å². The van der Waals surface area contributed by atoms with Crippen LogP contribution in [0.2, 0.25) is 5.02 Å². The maximum Gasteiger partial charge on any atom is 0.0407 e. The highest BCUT2D eigenvalue weighted by Crippen LogP contribution is 2.13. The van der Waals surface area contributed by atoms with Crippen LogP contribution in [0.15, 0.2) is 48.8 Å². The van der Waals surface area contributed by atoms with E-state index in [1.807, 2.05) is 36.7 Å². The molecule has 106 valence electrons. The summed E-state index contributed by atoms with van der Waals surface area (Å²) in [6.07, 6.45) is 3.68. The molecule has 0 bridgehead atoms. The van der Waals surface area contributed by atoms with Gasteiger partial charge in [0.05, 0.1) is 0 Å². The number of rotatable bonds is 7. The Morgan fingerprint density at radius 1 is 1.10 bits per heavy atom. The lowest BCUT2D eigenvalue weighted by Crippen LogP contribution is -2.28. The predicted octanol–water partition coefficient (Wildman–Crippen LogP) is 3.67. The van der Waals surface area contributed by atoms with Gasteiger partial charge in [-0.15, -0.1) is 0 Å². The van der Waals surface area contributed by atoms with Gasteiger partial charge in [-0.25, -0.2) is 0 Å². The van der Waals surface area contributed by atoms with Crippen LogP contribution in [0.5, 0.6) is 0 Å². The zero-order valence-corrected chi connectivity index (χ0v) is 12.5. The summed E-state index contributed by atoms with van der Waals surface area (Å²) in [6, 6.07) is 11.9. The van der Waals surface area contributed by atoms with E-state index in [0.29, 0.717) is 0 Å². The second-order valence-electron chi connectivity index (χ2n) is 4.66. The van der Waals surface area contributed by atoms with Gasteiger partial charge in [-0.2, -0.15) is 0 Å². The normalized spacial score (nSPS) is 10.8. The van der Waals surface area contributed by atoms with Gasteiger partial charge >= 0.3 is 0 Å². The Bertz CT molecular complexity index is 499. The van der Waals surface area contributed by atoms with Crippen molar-refractivity contribution < 1.29 is 0 Å². The molecule has 0 radical (unpaired) electrons. The SMILES string of the molecule is CCN(CCNc1ccc(Cl)cc1)Cc1ccncc1. The lowest BCUT2D eigenvalue weighted by molar-refractivity contribution is 0.291. The maximum absolute atomic E-state index is 5.87. The monoisotopic (exact) mass is 289 g/mol. The smallest absolute Gasteiger partial charge is 0.0407 e. The molecular weight excluding hydrogens is 270 g/mol. The molecule has 3 nitrogen and oxygen atoms in total. The van der Waals surface area contributed by atoms with Gasteiger partial charge in [0.1, 0.15) is 0 Å². The van der Waals surface area contributed by atoms with E-state index in [2.05, 4.69) is 34.3 Å². The molecule has 0 amide bonds. The fraction of sp³-hybridized carbons (Fsp3) is 0.312. The molecule has 0 aliphatic carbocycles. The highest BCUT2D eigenvalue weighted by Gasteiger charge is 2.03. The standard InChI is InChI=1S/C16H20ClN3/c1-2-20(13-14-7-9-18-10-8-14)12-11-19-16-5-3-15(17)4-6-16/h3-10,19H,2,11-13H2,1H3. The van der Waals surface area contributed by atoms with Gasteiger partial charge in [0.15, 0.2) is 0 Å². The number of likely N-dealkylation sites (N-methyl/N-ethyl adjacent to an activating group) is 1. The predicted molar refractivity (Wildman–Crippen MR) is 85.1 cm³/mol. The largest absolute Gasteiger partial charge is 0.384 e. The first-order valence-electron chi connectivity index (χ1n) is 6.88. The molecule has 1 N–H and O–H groups in total. The Morgan fingerprint density at radius 3 is 2.45 bits per heavy atom. The Kier molecular flexibility index (Phi) is 5.84. The molecule has 0 aliphatic heterocycles. The first kappa shape index (κ1) is 14.8. The zero-order chi connectivity index (χ0) is 14.2. The molecule has 0 unspecified atom stereocenters. The minimum absolute atomic E-state index is 0.767. The van der Waals surface area contributed by atoms with Crippen LogP contribution in [0, 0.1) is 0 Å². The molecule has 0 spiro atoms. The molecule has 0 saturated carbocycles. The maximum atomic E-state index is 5.87. The molecule has 1 heterocycles. The highest BCUT2D eigenvalue weighted by atomic mass is 35.5. The first-order valence-corrected chi connectivity index (χ1v) is 7.26. The van der Waals surface area contributed by atoms with E-state index in [0.717, 1.165) is 36.9 Å². The third-order valence-corrected chi connectivity index (χ3v) is 3.46. The number of nitrogens with one attached hydrogen (secondary N) is 1. The van der Waals surface area contributed by atoms with Crippen LogP contribution in [0.3, 0.4) is 0 Å². The Hall–Kier alpha value is -1.58. The van der Waals surface area contributed by atoms with E-state index in [-0.39, 0.29) is 0 Å². The van der Waals surface area contributed by atoms with Crippen molar-refractivity contribution in [3.63, 3.8) is 0 Å². The second kappa shape index (κ2) is 7.88. The number of hydrogen-bond acceptors (Lipinski definition) is 3. The number of aromatic nitrogens is 1. The van der Waals surface area contributed by atoms with Crippen LogP contribution in [0.4, 0.5) is 5.69 Å². The third-order valence-electron chi connectivity index (χ3n) is 3.20. The van der Waals surface area contributed by atoms with Gasteiger partial charge in [-0.1, -0.05) is 18.5 Å². The topological polar surface area (TPSA) is 28.2 Å². The summed E-state index contributed by atoms with van der Waals surface area (Å²) in [5, 5.41) is 4.18. The number of halogens is 1. The number of pyridine rings is 1. The molecule has 4 heteroatoms. The van der Waals surface area contributed by atoms with Gasteiger partial charge in [-0.05, 0) is 48.5 Å². The van der Waals surface area contributed by atoms with E-state index in [4.69, 9.17) is 11.6 Å². The molecule has 20 heavy (non-hydrogen) atoms. The molecular formula is C16H20ClN3. The average Bonchev–Trinajstić information content (AvgIpc) is 2.49. The lowest BCUT2D eigenvalue weighted by Gasteiger charge is -2.20. The molecule has 0 fully saturated rings. The summed E-state index contributed by atoms with van der Waals surface area (Å²) >= 11 is 5.87. The van der Waals surface area contributed by atoms with Crippen LogP contribution in [-0.4, -0.2) is 29.5 Å². The van der Waals surface area contributed by atoms with Crippen molar-refractivity contribution >= 4 is 17.3 Å². The number of hydrogen-bond donors (Lipinski definition) is 1. The molecule has 2 rings (SSSR count). The minimum Gasteiger partial charge on any atom is -0.384 e. The van der Waals surface area contributed by atoms with E-state index in [1.165, 1.54) is 5.56 Å². The summed E-state index contributed by atoms with van der Waals surface area (Å²) in [7, 11) is 0. The third kappa shape index (κ3) is 4.83. The highest BCUT2D eigenvalue weighted by molar-refractivity contribution is 6.30. The molecule has 1 aromatic carbocycles. The lowest BCUT2D eigenvalue weighted by atomic mass is 10.2. The van der Waals surface area contributed by atoms with E-state index >= 15 is 0 Å². The van der Waals surface area contributed by atoms with E-state index in [9.17, 15) is 0 Å². The van der Waals surface area contributed by atoms with Crippen molar-refractivity contribution in [2.45, 2.75) is 13.5 Å². The van der Waals surface area contributed by atoms with Gasteiger partial charge in [-0.3, -0.25) is 9.88 Å². The van der Waals surface area contributed by atoms with Crippen molar-refractivity contribution in [1.29, 1.82) is 0 Å². The van der Waals surface area contributed by atoms with Crippen LogP contribution in [0.1, 0.15) is 12.5 Å². The molecule has 0 atom stereocenters. The Morgan fingerprint density at radius 2 is 1.80 bits per heavy atom. The summed E-state index contributed by atoms with van der Waals surface area (Å²) in [5.41, 5.74) is 2.41. The van der Waals surface area contributed by atoms with Gasteiger partial charge in [0.25, 0.3) is 0 Å². The van der Waals surface area contributed by atoms with Gasteiger partial charge in [0.2, 0.25) is 0 Å². The first-order chi connectivity index (χ1) is 9.78. The fourth-order valence-corrected chi connectivity index (χ4v) is 2.15. The molecule has 2 aromatic rings. The van der Waals surface area contributed by atoms with E-state index < -0.39 is 0 Å². The summed E-state index contributed by atoms with van der Waals surface area (Å²) in [4.78, 5) is 6.45. The van der Waals surface area contributed by atoms with Crippen molar-refractivity contribution in [3.8, 4) is 0 Å². The second-order valence-corrected chi connectivity index (χ2v) is 5.09. The van der Waals surface area contributed by atoms with Crippen molar-refractivity contribution in [3.05, 3.63) is 59.4 Å². The number of anilines is 1.